The second-order valence-electron chi connectivity index (χ2n) is 3.93. The van der Waals surface area contributed by atoms with E-state index in [1.807, 2.05) is 6.92 Å². The zero-order chi connectivity index (χ0) is 9.68. The first-order valence-electron chi connectivity index (χ1n) is 5.04. The van der Waals surface area contributed by atoms with Gasteiger partial charge >= 0.3 is 0 Å². The van der Waals surface area contributed by atoms with E-state index in [0.29, 0.717) is 31.3 Å². The Balaban J connectivity index is 2.29. The topological polar surface area (TPSA) is 52.3 Å². The highest BCUT2D eigenvalue weighted by Gasteiger charge is 2.22. The average Bonchev–Trinajstić information content (AvgIpc) is 2.19. The Hall–Kier alpha value is -0.410. The lowest BCUT2D eigenvalue weighted by Crippen LogP contribution is -2.27. The number of hydrogen-bond acceptors (Lipinski definition) is 3. The predicted molar refractivity (Wildman–Crippen MR) is 51.4 cm³/mol. The molecule has 1 aliphatic heterocycles. The maximum atomic E-state index is 11.6. The fraction of sp³-hybridized carbons (Fsp3) is 0.900. The molecule has 13 heavy (non-hydrogen) atoms. The smallest absolute Gasteiger partial charge is 0.138 e. The summed E-state index contributed by atoms with van der Waals surface area (Å²) in [5.74, 6) is 0.787. The quantitative estimate of drug-likeness (QED) is 0.710. The van der Waals surface area contributed by atoms with Crippen LogP contribution in [0.3, 0.4) is 0 Å². The van der Waals surface area contributed by atoms with Crippen LogP contribution in [0.25, 0.3) is 0 Å². The van der Waals surface area contributed by atoms with Gasteiger partial charge in [-0.1, -0.05) is 6.92 Å². The van der Waals surface area contributed by atoms with E-state index in [-0.39, 0.29) is 5.92 Å². The standard InChI is InChI=1S/C10H19NO2/c1-8(6-11)5-10(12)9-3-2-4-13-7-9/h8-9H,2-7,11H2,1H3. The van der Waals surface area contributed by atoms with Crippen LogP contribution < -0.4 is 5.73 Å². The van der Waals surface area contributed by atoms with Gasteiger partial charge in [0.15, 0.2) is 0 Å². The molecule has 2 unspecified atom stereocenters. The van der Waals surface area contributed by atoms with Gasteiger partial charge in [-0.15, -0.1) is 0 Å². The lowest BCUT2D eigenvalue weighted by molar-refractivity contribution is -0.127. The molecule has 1 saturated heterocycles. The second kappa shape index (κ2) is 5.35. The molecule has 0 aromatic carbocycles. The van der Waals surface area contributed by atoms with Gasteiger partial charge in [-0.2, -0.15) is 0 Å². The number of hydrogen-bond donors (Lipinski definition) is 1. The van der Waals surface area contributed by atoms with Crippen molar-refractivity contribution >= 4 is 5.78 Å². The monoisotopic (exact) mass is 185 g/mol. The Morgan fingerprint density at radius 3 is 3.00 bits per heavy atom. The number of ketones is 1. The predicted octanol–water partition coefficient (Wildman–Crippen LogP) is 0.967. The highest BCUT2D eigenvalue weighted by molar-refractivity contribution is 5.81. The largest absolute Gasteiger partial charge is 0.381 e. The van der Waals surface area contributed by atoms with E-state index in [4.69, 9.17) is 10.5 Å². The summed E-state index contributed by atoms with van der Waals surface area (Å²) in [7, 11) is 0. The van der Waals surface area contributed by atoms with Gasteiger partial charge in [-0.3, -0.25) is 4.79 Å². The van der Waals surface area contributed by atoms with Crippen LogP contribution in [0.15, 0.2) is 0 Å². The number of nitrogens with two attached hydrogens (primary N) is 1. The molecule has 0 aromatic heterocycles. The van der Waals surface area contributed by atoms with Gasteiger partial charge in [-0.25, -0.2) is 0 Å². The van der Waals surface area contributed by atoms with Crippen LogP contribution in [0.2, 0.25) is 0 Å². The fourth-order valence-electron chi connectivity index (χ4n) is 1.59. The van der Waals surface area contributed by atoms with Crippen LogP contribution in [0.5, 0.6) is 0 Å². The van der Waals surface area contributed by atoms with Gasteiger partial charge in [0.25, 0.3) is 0 Å². The lowest BCUT2D eigenvalue weighted by atomic mass is 9.91. The van der Waals surface area contributed by atoms with Gasteiger partial charge < -0.3 is 10.5 Å². The highest BCUT2D eigenvalue weighted by atomic mass is 16.5. The van der Waals surface area contributed by atoms with Crippen LogP contribution >= 0.6 is 0 Å². The number of ether oxygens (including phenoxy) is 1. The third-order valence-corrected chi connectivity index (χ3v) is 2.57. The van der Waals surface area contributed by atoms with Gasteiger partial charge in [0.2, 0.25) is 0 Å². The first-order valence-corrected chi connectivity index (χ1v) is 5.04. The maximum absolute atomic E-state index is 11.6. The van der Waals surface area contributed by atoms with Crippen LogP contribution in [-0.4, -0.2) is 25.5 Å². The van der Waals surface area contributed by atoms with Crippen molar-refractivity contribution in [2.24, 2.45) is 17.6 Å². The molecular weight excluding hydrogens is 166 g/mol. The van der Waals surface area contributed by atoms with Crippen molar-refractivity contribution in [2.45, 2.75) is 26.2 Å². The van der Waals surface area contributed by atoms with E-state index < -0.39 is 0 Å². The summed E-state index contributed by atoms with van der Waals surface area (Å²) in [5, 5.41) is 0. The molecule has 0 radical (unpaired) electrons. The molecule has 1 rings (SSSR count). The normalized spacial score (nSPS) is 25.5. The van der Waals surface area contributed by atoms with Crippen molar-refractivity contribution in [3.63, 3.8) is 0 Å². The first kappa shape index (κ1) is 10.7. The molecule has 0 bridgehead atoms. The van der Waals surface area contributed by atoms with E-state index in [2.05, 4.69) is 0 Å². The first-order chi connectivity index (χ1) is 6.24. The molecule has 76 valence electrons. The Labute approximate surface area is 79.6 Å². The van der Waals surface area contributed by atoms with E-state index in [0.717, 1.165) is 19.4 Å². The summed E-state index contributed by atoms with van der Waals surface area (Å²) in [6.07, 6.45) is 2.63. The lowest BCUT2D eigenvalue weighted by Gasteiger charge is -2.21. The number of rotatable bonds is 4. The Kier molecular flexibility index (Phi) is 4.39. The molecule has 1 heterocycles. The zero-order valence-electron chi connectivity index (χ0n) is 8.29. The van der Waals surface area contributed by atoms with Crippen molar-refractivity contribution in [1.29, 1.82) is 0 Å². The van der Waals surface area contributed by atoms with Crippen molar-refractivity contribution in [3.8, 4) is 0 Å². The molecule has 3 heteroatoms. The molecule has 0 aromatic rings. The molecular formula is C10H19NO2. The fourth-order valence-corrected chi connectivity index (χ4v) is 1.59. The number of carbonyl (C=O) groups is 1. The van der Waals surface area contributed by atoms with Gasteiger partial charge in [0.1, 0.15) is 5.78 Å². The molecule has 3 nitrogen and oxygen atoms in total. The average molecular weight is 185 g/mol. The summed E-state index contributed by atoms with van der Waals surface area (Å²) >= 11 is 0. The molecule has 2 N–H and O–H groups in total. The Morgan fingerprint density at radius 2 is 2.46 bits per heavy atom. The summed E-state index contributed by atoms with van der Waals surface area (Å²) in [5.41, 5.74) is 5.47. The Bertz CT molecular complexity index is 164. The molecule has 0 aliphatic carbocycles. The van der Waals surface area contributed by atoms with E-state index in [1.165, 1.54) is 0 Å². The minimum Gasteiger partial charge on any atom is -0.381 e. The van der Waals surface area contributed by atoms with Gasteiger partial charge in [-0.05, 0) is 25.3 Å². The highest BCUT2D eigenvalue weighted by Crippen LogP contribution is 2.17. The van der Waals surface area contributed by atoms with Crippen LogP contribution in [-0.2, 0) is 9.53 Å². The minimum absolute atomic E-state index is 0.141. The summed E-state index contributed by atoms with van der Waals surface area (Å²) in [6.45, 7) is 4.05. The molecule has 0 amide bonds. The maximum Gasteiger partial charge on any atom is 0.138 e. The Morgan fingerprint density at radius 1 is 1.69 bits per heavy atom. The molecule has 0 spiro atoms. The van der Waals surface area contributed by atoms with Crippen molar-refractivity contribution in [1.82, 2.24) is 0 Å². The van der Waals surface area contributed by atoms with E-state index in [9.17, 15) is 4.79 Å². The van der Waals surface area contributed by atoms with Crippen molar-refractivity contribution < 1.29 is 9.53 Å². The van der Waals surface area contributed by atoms with Crippen LogP contribution in [0.4, 0.5) is 0 Å². The zero-order valence-corrected chi connectivity index (χ0v) is 8.29. The molecule has 1 aliphatic rings. The van der Waals surface area contributed by atoms with E-state index >= 15 is 0 Å². The SMILES string of the molecule is CC(CN)CC(=O)C1CCCOC1. The van der Waals surface area contributed by atoms with Crippen LogP contribution in [0.1, 0.15) is 26.2 Å². The van der Waals surface area contributed by atoms with E-state index in [1.54, 1.807) is 0 Å². The second-order valence-corrected chi connectivity index (χ2v) is 3.93. The third kappa shape index (κ3) is 3.44. The summed E-state index contributed by atoms with van der Waals surface area (Å²) in [4.78, 5) is 11.6. The van der Waals surface area contributed by atoms with Crippen LogP contribution in [0, 0.1) is 11.8 Å². The molecule has 2 atom stereocenters. The van der Waals surface area contributed by atoms with Crippen molar-refractivity contribution in [2.75, 3.05) is 19.8 Å². The number of carbonyl (C=O) groups excluding carboxylic acids is 1. The van der Waals surface area contributed by atoms with Gasteiger partial charge in [0.05, 0.1) is 6.61 Å². The molecule has 0 saturated carbocycles. The minimum atomic E-state index is 0.141. The third-order valence-electron chi connectivity index (χ3n) is 2.57. The number of Topliss-reactive ketones (excluding diaryl/α,β-unsaturated/α-hetero) is 1. The van der Waals surface area contributed by atoms with Crippen molar-refractivity contribution in [3.05, 3.63) is 0 Å². The molecule has 1 fully saturated rings. The summed E-state index contributed by atoms with van der Waals surface area (Å²) in [6, 6.07) is 0. The van der Waals surface area contributed by atoms with Gasteiger partial charge in [0, 0.05) is 18.9 Å². The summed E-state index contributed by atoms with van der Waals surface area (Å²) < 4.78 is 5.27.